The van der Waals surface area contributed by atoms with Gasteiger partial charge in [-0.2, -0.15) is 0 Å². The first-order chi connectivity index (χ1) is 12.1. The molecule has 1 aromatic heterocycles. The third kappa shape index (κ3) is 4.42. The molecule has 0 aliphatic heterocycles. The number of halogens is 2. The third-order valence-corrected chi connectivity index (χ3v) is 4.75. The number of ether oxygens (including phenoxy) is 1. The van der Waals surface area contributed by atoms with Gasteiger partial charge in [-0.1, -0.05) is 29.8 Å². The van der Waals surface area contributed by atoms with E-state index in [0.717, 1.165) is 21.3 Å². The highest BCUT2D eigenvalue weighted by Crippen LogP contribution is 2.28. The highest BCUT2D eigenvalue weighted by atomic mass is 79.9. The van der Waals surface area contributed by atoms with Gasteiger partial charge in [0.25, 0.3) is 0 Å². The number of methoxy groups -OCH3 is 1. The Kier molecular flexibility index (Phi) is 5.78. The number of hydrogen-bond acceptors (Lipinski definition) is 4. The fourth-order valence-corrected chi connectivity index (χ4v) is 3.23. The minimum atomic E-state index is 0.142. The first kappa shape index (κ1) is 18.0. The molecule has 2 aromatic carbocycles. The lowest BCUT2D eigenvalue weighted by Gasteiger charge is -2.14. The maximum atomic E-state index is 6.02. The molecule has 0 saturated carbocycles. The van der Waals surface area contributed by atoms with Crippen LogP contribution in [0, 0.1) is 0 Å². The van der Waals surface area contributed by atoms with Crippen LogP contribution in [0.15, 0.2) is 57.6 Å². The van der Waals surface area contributed by atoms with Gasteiger partial charge in [-0.15, -0.1) is 0 Å². The molecule has 1 heterocycles. The van der Waals surface area contributed by atoms with Crippen molar-refractivity contribution in [3.05, 3.63) is 69.6 Å². The molecule has 0 amide bonds. The molecule has 25 heavy (non-hydrogen) atoms. The second kappa shape index (κ2) is 8.04. The molecule has 1 unspecified atom stereocenters. The van der Waals surface area contributed by atoms with Crippen LogP contribution in [0.2, 0.25) is 5.02 Å². The SMILES string of the molecule is COc1ccc(C(C)NCc2ncc(-c3cccc(Cl)c3)o2)cc1Br. The van der Waals surface area contributed by atoms with Crippen LogP contribution in [0.25, 0.3) is 11.3 Å². The number of nitrogens with one attached hydrogen (secondary N) is 1. The van der Waals surface area contributed by atoms with Crippen molar-refractivity contribution in [1.82, 2.24) is 10.3 Å². The zero-order valence-electron chi connectivity index (χ0n) is 13.9. The zero-order chi connectivity index (χ0) is 17.8. The lowest BCUT2D eigenvalue weighted by Crippen LogP contribution is -2.18. The van der Waals surface area contributed by atoms with Crippen LogP contribution in [-0.4, -0.2) is 12.1 Å². The minimum Gasteiger partial charge on any atom is -0.496 e. The molecule has 0 bridgehead atoms. The average molecular weight is 422 g/mol. The Balaban J connectivity index is 1.65. The second-order valence-electron chi connectivity index (χ2n) is 5.63. The van der Waals surface area contributed by atoms with Crippen molar-refractivity contribution in [2.45, 2.75) is 19.5 Å². The van der Waals surface area contributed by atoms with Crippen molar-refractivity contribution in [2.24, 2.45) is 0 Å². The standard InChI is InChI=1S/C19H18BrClN2O2/c1-12(13-6-7-17(24-2)16(20)9-13)22-11-19-23-10-18(25-19)14-4-3-5-15(21)8-14/h3-10,12,22H,11H2,1-2H3. The van der Waals surface area contributed by atoms with Gasteiger partial charge in [0.1, 0.15) is 5.75 Å². The maximum absolute atomic E-state index is 6.02. The zero-order valence-corrected chi connectivity index (χ0v) is 16.3. The maximum Gasteiger partial charge on any atom is 0.208 e. The molecule has 6 heteroatoms. The number of nitrogens with zero attached hydrogens (tertiary/aromatic N) is 1. The summed E-state index contributed by atoms with van der Waals surface area (Å²) in [6, 6.07) is 13.7. The van der Waals surface area contributed by atoms with E-state index in [-0.39, 0.29) is 6.04 Å². The Labute approximate surface area is 160 Å². The summed E-state index contributed by atoms with van der Waals surface area (Å²) in [5.74, 6) is 2.16. The molecular weight excluding hydrogens is 404 g/mol. The van der Waals surface area contributed by atoms with E-state index >= 15 is 0 Å². The second-order valence-corrected chi connectivity index (χ2v) is 6.92. The first-order valence-electron chi connectivity index (χ1n) is 7.84. The van der Waals surface area contributed by atoms with Crippen molar-refractivity contribution in [1.29, 1.82) is 0 Å². The van der Waals surface area contributed by atoms with Gasteiger partial charge in [0.05, 0.1) is 24.3 Å². The van der Waals surface area contributed by atoms with Crippen LogP contribution in [0.3, 0.4) is 0 Å². The molecule has 1 atom stereocenters. The predicted molar refractivity (Wildman–Crippen MR) is 103 cm³/mol. The van der Waals surface area contributed by atoms with Crippen LogP contribution < -0.4 is 10.1 Å². The van der Waals surface area contributed by atoms with E-state index < -0.39 is 0 Å². The quantitative estimate of drug-likeness (QED) is 0.561. The van der Waals surface area contributed by atoms with Gasteiger partial charge in [-0.25, -0.2) is 4.98 Å². The number of benzene rings is 2. The average Bonchev–Trinajstić information content (AvgIpc) is 3.08. The third-order valence-electron chi connectivity index (χ3n) is 3.90. The fraction of sp³-hybridized carbons (Fsp3) is 0.211. The summed E-state index contributed by atoms with van der Waals surface area (Å²) in [6.45, 7) is 2.63. The van der Waals surface area contributed by atoms with Gasteiger partial charge in [0.15, 0.2) is 5.76 Å². The lowest BCUT2D eigenvalue weighted by molar-refractivity contribution is 0.411. The molecule has 3 aromatic rings. The van der Waals surface area contributed by atoms with Gasteiger partial charge in [-0.3, -0.25) is 0 Å². The van der Waals surface area contributed by atoms with Crippen molar-refractivity contribution in [3.8, 4) is 17.1 Å². The lowest BCUT2D eigenvalue weighted by atomic mass is 10.1. The van der Waals surface area contributed by atoms with E-state index in [9.17, 15) is 0 Å². The number of hydrogen-bond donors (Lipinski definition) is 1. The predicted octanol–water partition coefficient (Wildman–Crippen LogP) is 5.62. The Bertz CT molecular complexity index is 866. The van der Waals surface area contributed by atoms with Crippen LogP contribution in [0.4, 0.5) is 0 Å². The molecule has 0 aliphatic rings. The van der Waals surface area contributed by atoms with Gasteiger partial charge < -0.3 is 14.5 Å². The Morgan fingerprint density at radius 2 is 2.12 bits per heavy atom. The Hall–Kier alpha value is -1.82. The van der Waals surface area contributed by atoms with E-state index in [0.29, 0.717) is 23.2 Å². The summed E-state index contributed by atoms with van der Waals surface area (Å²) in [5.41, 5.74) is 2.06. The monoisotopic (exact) mass is 420 g/mol. The number of oxazole rings is 1. The Morgan fingerprint density at radius 3 is 2.84 bits per heavy atom. The molecule has 3 rings (SSSR count). The van der Waals surface area contributed by atoms with E-state index in [1.807, 2.05) is 42.5 Å². The van der Waals surface area contributed by atoms with E-state index in [1.54, 1.807) is 13.3 Å². The van der Waals surface area contributed by atoms with Crippen molar-refractivity contribution in [2.75, 3.05) is 7.11 Å². The molecular formula is C19H18BrClN2O2. The molecule has 130 valence electrons. The number of aromatic nitrogens is 1. The summed E-state index contributed by atoms with van der Waals surface area (Å²) in [6.07, 6.45) is 1.72. The smallest absolute Gasteiger partial charge is 0.208 e. The Morgan fingerprint density at radius 1 is 1.28 bits per heavy atom. The molecule has 0 aliphatic carbocycles. The van der Waals surface area contributed by atoms with Crippen molar-refractivity contribution >= 4 is 27.5 Å². The highest BCUT2D eigenvalue weighted by Gasteiger charge is 2.11. The largest absolute Gasteiger partial charge is 0.496 e. The first-order valence-corrected chi connectivity index (χ1v) is 9.01. The number of rotatable bonds is 6. The molecule has 0 spiro atoms. The summed E-state index contributed by atoms with van der Waals surface area (Å²) in [4.78, 5) is 4.33. The topological polar surface area (TPSA) is 47.3 Å². The van der Waals surface area contributed by atoms with E-state index in [2.05, 4.69) is 33.2 Å². The van der Waals surface area contributed by atoms with E-state index in [4.69, 9.17) is 20.8 Å². The summed E-state index contributed by atoms with van der Waals surface area (Å²) in [7, 11) is 1.65. The highest BCUT2D eigenvalue weighted by molar-refractivity contribution is 9.10. The van der Waals surface area contributed by atoms with Crippen molar-refractivity contribution in [3.63, 3.8) is 0 Å². The fourth-order valence-electron chi connectivity index (χ4n) is 2.48. The molecule has 1 N–H and O–H groups in total. The van der Waals surface area contributed by atoms with Crippen LogP contribution in [0.1, 0.15) is 24.4 Å². The van der Waals surface area contributed by atoms with Gasteiger partial charge in [-0.05, 0) is 52.7 Å². The van der Waals surface area contributed by atoms with Gasteiger partial charge in [0, 0.05) is 16.6 Å². The minimum absolute atomic E-state index is 0.142. The van der Waals surface area contributed by atoms with Crippen molar-refractivity contribution < 1.29 is 9.15 Å². The molecule has 4 nitrogen and oxygen atoms in total. The summed E-state index contributed by atoms with van der Waals surface area (Å²) in [5, 5.41) is 4.09. The molecule has 0 fully saturated rings. The molecule has 0 radical (unpaired) electrons. The van der Waals surface area contributed by atoms with Crippen LogP contribution in [0.5, 0.6) is 5.75 Å². The summed E-state index contributed by atoms with van der Waals surface area (Å²) < 4.78 is 12.0. The van der Waals surface area contributed by atoms with E-state index in [1.165, 1.54) is 0 Å². The molecule has 0 saturated heterocycles. The van der Waals surface area contributed by atoms with Gasteiger partial charge >= 0.3 is 0 Å². The van der Waals surface area contributed by atoms with Crippen LogP contribution >= 0.6 is 27.5 Å². The summed E-state index contributed by atoms with van der Waals surface area (Å²) >= 11 is 9.53. The normalized spacial score (nSPS) is 12.2. The van der Waals surface area contributed by atoms with Crippen LogP contribution in [-0.2, 0) is 6.54 Å². The van der Waals surface area contributed by atoms with Gasteiger partial charge in [0.2, 0.25) is 5.89 Å².